The fourth-order valence-electron chi connectivity index (χ4n) is 2.91. The lowest BCUT2D eigenvalue weighted by molar-refractivity contribution is -0.124. The third-order valence-corrected chi connectivity index (χ3v) is 4.08. The van der Waals surface area contributed by atoms with Gasteiger partial charge in [-0.05, 0) is 43.7 Å². The number of benzene rings is 1. The van der Waals surface area contributed by atoms with Crippen LogP contribution in [0.1, 0.15) is 37.2 Å². The number of halogens is 3. The number of carbonyl (C=O) groups excluding carboxylic acids is 1. The zero-order chi connectivity index (χ0) is 16.8. The van der Waals surface area contributed by atoms with E-state index in [2.05, 4.69) is 5.32 Å². The molecule has 0 aromatic heterocycles. The molecule has 128 valence electrons. The van der Waals surface area contributed by atoms with Crippen LogP contribution in [0.5, 0.6) is 0 Å². The van der Waals surface area contributed by atoms with Gasteiger partial charge >= 0.3 is 0 Å². The molecule has 7 heteroatoms. The van der Waals surface area contributed by atoms with Gasteiger partial charge in [0.25, 0.3) is 0 Å². The fourth-order valence-corrected chi connectivity index (χ4v) is 2.91. The lowest BCUT2D eigenvalue weighted by atomic mass is 9.82. The van der Waals surface area contributed by atoms with Crippen molar-refractivity contribution in [1.82, 2.24) is 5.32 Å². The van der Waals surface area contributed by atoms with Crippen molar-refractivity contribution in [2.75, 3.05) is 19.8 Å². The fraction of sp³-hybridized carbons (Fsp3) is 0.562. The smallest absolute Gasteiger partial charge is 0.245 e. The summed E-state index contributed by atoms with van der Waals surface area (Å²) >= 11 is 0. The second-order valence-electron chi connectivity index (χ2n) is 5.61. The van der Waals surface area contributed by atoms with E-state index in [1.807, 2.05) is 0 Å². The second-order valence-corrected chi connectivity index (χ2v) is 5.61. The molecular weight excluding hydrogens is 311 g/mol. The Morgan fingerprint density at radius 2 is 1.83 bits per heavy atom. The Hall–Kier alpha value is -1.60. The monoisotopic (exact) mass is 331 g/mol. The quantitative estimate of drug-likeness (QED) is 0.621. The maximum atomic E-state index is 13.8. The minimum Gasteiger partial charge on any atom is -0.387 e. The van der Waals surface area contributed by atoms with E-state index < -0.39 is 30.0 Å². The van der Waals surface area contributed by atoms with Crippen LogP contribution in [0.4, 0.5) is 13.2 Å². The molecule has 1 fully saturated rings. The van der Waals surface area contributed by atoms with Gasteiger partial charge in [0.05, 0.1) is 12.7 Å². The molecular formula is C16H20F3NO3. The van der Waals surface area contributed by atoms with Gasteiger partial charge in [-0.25, -0.2) is 13.2 Å². The molecule has 1 aromatic rings. The van der Waals surface area contributed by atoms with Gasteiger partial charge in [-0.1, -0.05) is 0 Å². The van der Waals surface area contributed by atoms with Crippen molar-refractivity contribution in [1.29, 1.82) is 0 Å². The second kappa shape index (κ2) is 8.31. The van der Waals surface area contributed by atoms with E-state index in [0.717, 1.165) is 12.1 Å². The first kappa shape index (κ1) is 17.7. The number of nitrogens with one attached hydrogen (secondary N) is 1. The Morgan fingerprint density at radius 1 is 1.17 bits per heavy atom. The van der Waals surface area contributed by atoms with Gasteiger partial charge in [0.1, 0.15) is 12.4 Å². The van der Waals surface area contributed by atoms with Gasteiger partial charge in [-0.15, -0.1) is 0 Å². The maximum absolute atomic E-state index is 13.8. The largest absolute Gasteiger partial charge is 0.387 e. The van der Waals surface area contributed by atoms with Crippen LogP contribution in [0.15, 0.2) is 12.1 Å². The number of hydrogen-bond donors (Lipinski definition) is 2. The number of amides is 1. The predicted octanol–water partition coefficient (Wildman–Crippen LogP) is 2.26. The molecule has 1 aliphatic rings. The summed E-state index contributed by atoms with van der Waals surface area (Å²) in [4.78, 5) is 10.8. The Kier molecular flexibility index (Phi) is 6.41. The molecule has 1 amide bonds. The average molecular weight is 331 g/mol. The molecule has 0 heterocycles. The molecule has 0 saturated heterocycles. The number of ether oxygens (including phenoxy) is 1. The summed E-state index contributed by atoms with van der Waals surface area (Å²) in [5.41, 5.74) is -0.168. The van der Waals surface area contributed by atoms with Crippen molar-refractivity contribution < 1.29 is 27.8 Å². The molecule has 1 saturated carbocycles. The van der Waals surface area contributed by atoms with Gasteiger partial charge in [-0.3, -0.25) is 4.79 Å². The highest BCUT2D eigenvalue weighted by Crippen LogP contribution is 2.37. The minimum atomic E-state index is -1.10. The predicted molar refractivity (Wildman–Crippen MR) is 77.4 cm³/mol. The van der Waals surface area contributed by atoms with Crippen LogP contribution in [0.2, 0.25) is 0 Å². The summed E-state index contributed by atoms with van der Waals surface area (Å²) in [6.45, 7) is 0.0477. The van der Waals surface area contributed by atoms with E-state index in [-0.39, 0.29) is 17.6 Å². The molecule has 23 heavy (non-hydrogen) atoms. The average Bonchev–Trinajstić information content (AvgIpc) is 2.56. The van der Waals surface area contributed by atoms with Crippen molar-refractivity contribution in [3.8, 4) is 0 Å². The molecule has 1 aromatic carbocycles. The van der Waals surface area contributed by atoms with Crippen LogP contribution in [0.3, 0.4) is 0 Å². The number of rotatable bonds is 6. The zero-order valence-electron chi connectivity index (χ0n) is 12.7. The minimum absolute atomic E-state index is 0.0445. The molecule has 0 bridgehead atoms. The molecule has 0 aliphatic heterocycles. The molecule has 0 radical (unpaired) electrons. The van der Waals surface area contributed by atoms with Crippen LogP contribution in [-0.2, 0) is 9.53 Å². The molecule has 4 nitrogen and oxygen atoms in total. The summed E-state index contributed by atoms with van der Waals surface area (Å²) in [5.74, 6) is -3.64. The topological polar surface area (TPSA) is 58.6 Å². The third-order valence-electron chi connectivity index (χ3n) is 4.08. The van der Waals surface area contributed by atoms with E-state index >= 15 is 0 Å². The van der Waals surface area contributed by atoms with E-state index in [9.17, 15) is 18.0 Å². The van der Waals surface area contributed by atoms with E-state index in [4.69, 9.17) is 9.84 Å². The van der Waals surface area contributed by atoms with Crippen molar-refractivity contribution in [3.63, 3.8) is 0 Å². The molecule has 0 spiro atoms. The first-order chi connectivity index (χ1) is 11.0. The molecule has 0 unspecified atom stereocenters. The molecule has 2 N–H and O–H groups in total. The van der Waals surface area contributed by atoms with Gasteiger partial charge in [0, 0.05) is 12.1 Å². The highest BCUT2D eigenvalue weighted by molar-refractivity contribution is 5.76. The number of carbonyl (C=O) groups is 1. The van der Waals surface area contributed by atoms with Crippen molar-refractivity contribution >= 4 is 5.91 Å². The van der Waals surface area contributed by atoms with Crippen molar-refractivity contribution in [2.24, 2.45) is 0 Å². The number of hydrogen-bond acceptors (Lipinski definition) is 3. The Labute approximate surface area is 132 Å². The van der Waals surface area contributed by atoms with Crippen LogP contribution in [0, 0.1) is 17.5 Å². The van der Waals surface area contributed by atoms with E-state index in [1.165, 1.54) is 0 Å². The molecule has 0 atom stereocenters. The van der Waals surface area contributed by atoms with Crippen LogP contribution in [-0.4, -0.2) is 36.9 Å². The maximum Gasteiger partial charge on any atom is 0.245 e. The van der Waals surface area contributed by atoms with Gasteiger partial charge < -0.3 is 15.2 Å². The first-order valence-corrected chi connectivity index (χ1v) is 7.65. The summed E-state index contributed by atoms with van der Waals surface area (Å²) in [5, 5.41) is 11.0. The zero-order valence-corrected chi connectivity index (χ0v) is 12.7. The van der Waals surface area contributed by atoms with Crippen LogP contribution in [0.25, 0.3) is 0 Å². The highest BCUT2D eigenvalue weighted by atomic mass is 19.2. The summed E-state index contributed by atoms with van der Waals surface area (Å²) in [6, 6.07) is 1.75. The summed E-state index contributed by atoms with van der Waals surface area (Å²) in [7, 11) is 0. The van der Waals surface area contributed by atoms with Gasteiger partial charge in [0.2, 0.25) is 5.91 Å². The number of aliphatic hydroxyl groups is 1. The third kappa shape index (κ3) is 4.68. The Bertz CT molecular complexity index is 546. The number of aliphatic hydroxyl groups excluding tert-OH is 1. The Morgan fingerprint density at radius 3 is 2.48 bits per heavy atom. The highest BCUT2D eigenvalue weighted by Gasteiger charge is 2.28. The molecule has 2 rings (SSSR count). The lowest BCUT2D eigenvalue weighted by Gasteiger charge is -2.29. The van der Waals surface area contributed by atoms with Crippen molar-refractivity contribution in [3.05, 3.63) is 35.1 Å². The van der Waals surface area contributed by atoms with Gasteiger partial charge in [0.15, 0.2) is 11.6 Å². The summed E-state index contributed by atoms with van der Waals surface area (Å²) in [6.07, 6.45) is 2.23. The Balaban J connectivity index is 1.80. The first-order valence-electron chi connectivity index (χ1n) is 7.65. The lowest BCUT2D eigenvalue weighted by Crippen LogP contribution is -2.31. The van der Waals surface area contributed by atoms with E-state index in [1.54, 1.807) is 0 Å². The van der Waals surface area contributed by atoms with Crippen LogP contribution < -0.4 is 5.32 Å². The van der Waals surface area contributed by atoms with Crippen LogP contribution >= 0.6 is 0 Å². The summed E-state index contributed by atoms with van der Waals surface area (Å²) < 4.78 is 46.4. The van der Waals surface area contributed by atoms with Gasteiger partial charge in [-0.2, -0.15) is 0 Å². The van der Waals surface area contributed by atoms with Crippen molar-refractivity contribution in [2.45, 2.75) is 37.7 Å². The van der Waals surface area contributed by atoms with E-state index in [0.29, 0.717) is 38.8 Å². The normalized spacial score (nSPS) is 21.2. The molecule has 1 aliphatic carbocycles. The standard InChI is InChI=1S/C16H20F3NO3/c17-12-5-6-13(18)16(19)15(12)10-1-3-11(4-2-10)23-8-7-20-14(22)9-21/h5-6,10-11,21H,1-4,7-9H2,(H,20,22). The SMILES string of the molecule is O=C(CO)NCCOC1CCC(c2c(F)ccc(F)c2F)CC1.